The number of anilines is 1. The highest BCUT2D eigenvalue weighted by Gasteiger charge is 2.29. The average Bonchev–Trinajstić information content (AvgIpc) is 2.55. The standard InChI is InChI=1S/C17H14F3NO3S/c1-10-3-4-12(16(23)24-2)9-14(10)21-15(22)11-5-7-13(8-6-11)25-17(18,19)20/h3-9H,1-2H3,(H,21,22). The lowest BCUT2D eigenvalue weighted by atomic mass is 10.1. The number of aryl methyl sites for hydroxylation is 1. The summed E-state index contributed by atoms with van der Waals surface area (Å²) >= 11 is -0.248. The maximum atomic E-state index is 12.3. The van der Waals surface area contributed by atoms with Crippen LogP contribution in [0, 0.1) is 6.92 Å². The normalized spacial score (nSPS) is 11.1. The molecule has 0 saturated carbocycles. The van der Waals surface area contributed by atoms with Crippen LogP contribution in [-0.2, 0) is 4.74 Å². The lowest BCUT2D eigenvalue weighted by Crippen LogP contribution is -2.13. The number of ether oxygens (including phenoxy) is 1. The molecule has 0 aromatic heterocycles. The second-order valence-electron chi connectivity index (χ2n) is 5.05. The first kappa shape index (κ1) is 18.9. The predicted octanol–water partition coefficient (Wildman–Crippen LogP) is 4.65. The molecule has 1 N–H and O–H groups in total. The summed E-state index contributed by atoms with van der Waals surface area (Å²) in [6, 6.07) is 9.78. The fraction of sp³-hybridized carbons (Fsp3) is 0.176. The highest BCUT2D eigenvalue weighted by atomic mass is 32.2. The molecule has 4 nitrogen and oxygen atoms in total. The van der Waals surface area contributed by atoms with Crippen LogP contribution in [0.3, 0.4) is 0 Å². The fourth-order valence-corrected chi connectivity index (χ4v) is 2.54. The molecule has 0 bridgehead atoms. The Labute approximate surface area is 146 Å². The van der Waals surface area contributed by atoms with Crippen LogP contribution in [0.25, 0.3) is 0 Å². The molecular weight excluding hydrogens is 355 g/mol. The molecule has 0 aliphatic rings. The second kappa shape index (κ2) is 7.60. The molecule has 2 rings (SSSR count). The van der Waals surface area contributed by atoms with Crippen molar-refractivity contribution in [3.8, 4) is 0 Å². The molecule has 0 aliphatic carbocycles. The summed E-state index contributed by atoms with van der Waals surface area (Å²) in [5.74, 6) is -1.03. The van der Waals surface area contributed by atoms with Gasteiger partial charge < -0.3 is 10.1 Å². The van der Waals surface area contributed by atoms with Crippen molar-refractivity contribution in [2.24, 2.45) is 0 Å². The third-order valence-electron chi connectivity index (χ3n) is 3.26. The number of hydrogen-bond donors (Lipinski definition) is 1. The van der Waals surface area contributed by atoms with Gasteiger partial charge in [-0.15, -0.1) is 0 Å². The van der Waals surface area contributed by atoms with Crippen LogP contribution in [0.1, 0.15) is 26.3 Å². The fourth-order valence-electron chi connectivity index (χ4n) is 2.00. The average molecular weight is 369 g/mol. The van der Waals surface area contributed by atoms with Crippen molar-refractivity contribution in [3.63, 3.8) is 0 Å². The highest BCUT2D eigenvalue weighted by molar-refractivity contribution is 8.00. The van der Waals surface area contributed by atoms with Gasteiger partial charge in [-0.3, -0.25) is 4.79 Å². The molecule has 0 aliphatic heterocycles. The number of amides is 1. The van der Waals surface area contributed by atoms with Gasteiger partial charge in [-0.1, -0.05) is 6.07 Å². The number of carbonyl (C=O) groups is 2. The predicted molar refractivity (Wildman–Crippen MR) is 88.8 cm³/mol. The molecule has 0 heterocycles. The van der Waals surface area contributed by atoms with Crippen molar-refractivity contribution in [1.29, 1.82) is 0 Å². The molecule has 0 atom stereocenters. The van der Waals surface area contributed by atoms with Gasteiger partial charge in [0.05, 0.1) is 12.7 Å². The molecular formula is C17H14F3NO3S. The molecule has 8 heteroatoms. The van der Waals surface area contributed by atoms with Crippen molar-refractivity contribution in [3.05, 3.63) is 59.2 Å². The molecule has 0 spiro atoms. The van der Waals surface area contributed by atoms with Gasteiger partial charge in [-0.25, -0.2) is 4.79 Å². The Balaban J connectivity index is 2.15. The van der Waals surface area contributed by atoms with Crippen molar-refractivity contribution in [2.45, 2.75) is 17.3 Å². The van der Waals surface area contributed by atoms with Gasteiger partial charge in [0, 0.05) is 16.1 Å². The quantitative estimate of drug-likeness (QED) is 0.630. The number of rotatable bonds is 4. The summed E-state index contributed by atoms with van der Waals surface area (Å²) in [4.78, 5) is 23.8. The van der Waals surface area contributed by atoms with E-state index < -0.39 is 17.4 Å². The summed E-state index contributed by atoms with van der Waals surface area (Å²) in [5.41, 5.74) is -2.75. The number of halogens is 3. The Morgan fingerprint density at radius 2 is 1.64 bits per heavy atom. The summed E-state index contributed by atoms with van der Waals surface area (Å²) in [6.45, 7) is 1.75. The van der Waals surface area contributed by atoms with Gasteiger partial charge >= 0.3 is 11.5 Å². The van der Waals surface area contributed by atoms with Crippen LogP contribution in [0.2, 0.25) is 0 Å². The molecule has 2 aromatic rings. The van der Waals surface area contributed by atoms with Crippen LogP contribution in [0.5, 0.6) is 0 Å². The van der Waals surface area contributed by atoms with Crippen molar-refractivity contribution in [1.82, 2.24) is 0 Å². The first-order valence-corrected chi connectivity index (χ1v) is 7.87. The van der Waals surface area contributed by atoms with Crippen LogP contribution in [0.15, 0.2) is 47.4 Å². The van der Waals surface area contributed by atoms with Gasteiger partial charge in [-0.2, -0.15) is 13.2 Å². The Kier molecular flexibility index (Phi) is 5.73. The number of hydrogen-bond acceptors (Lipinski definition) is 4. The van der Waals surface area contributed by atoms with E-state index in [0.717, 1.165) is 5.56 Å². The number of thioether (sulfide) groups is 1. The SMILES string of the molecule is COC(=O)c1ccc(C)c(NC(=O)c2ccc(SC(F)(F)F)cc2)c1. The Morgan fingerprint density at radius 3 is 2.20 bits per heavy atom. The van der Waals surface area contributed by atoms with Crippen molar-refractivity contribution in [2.75, 3.05) is 12.4 Å². The molecule has 0 fully saturated rings. The Hall–Kier alpha value is -2.48. The lowest BCUT2D eigenvalue weighted by molar-refractivity contribution is -0.0328. The maximum Gasteiger partial charge on any atom is 0.446 e. The molecule has 0 unspecified atom stereocenters. The maximum absolute atomic E-state index is 12.3. The summed E-state index contributed by atoms with van der Waals surface area (Å²) in [5, 5.41) is 2.64. The summed E-state index contributed by atoms with van der Waals surface area (Å²) in [6.07, 6.45) is 0. The smallest absolute Gasteiger partial charge is 0.446 e. The summed E-state index contributed by atoms with van der Waals surface area (Å²) < 4.78 is 41.6. The Bertz CT molecular complexity index is 789. The van der Waals surface area contributed by atoms with E-state index in [4.69, 9.17) is 0 Å². The van der Waals surface area contributed by atoms with Crippen molar-refractivity contribution >= 4 is 29.3 Å². The van der Waals surface area contributed by atoms with E-state index in [9.17, 15) is 22.8 Å². The molecule has 2 aromatic carbocycles. The monoisotopic (exact) mass is 369 g/mol. The van der Waals surface area contributed by atoms with E-state index in [1.165, 1.54) is 37.4 Å². The largest absolute Gasteiger partial charge is 0.465 e. The lowest BCUT2D eigenvalue weighted by Gasteiger charge is -2.11. The number of benzene rings is 2. The van der Waals surface area contributed by atoms with Crippen molar-refractivity contribution < 1.29 is 27.5 Å². The molecule has 1 amide bonds. The van der Waals surface area contributed by atoms with E-state index in [1.807, 2.05) is 0 Å². The van der Waals surface area contributed by atoms with E-state index >= 15 is 0 Å². The van der Waals surface area contributed by atoms with Crippen LogP contribution in [0.4, 0.5) is 18.9 Å². The van der Waals surface area contributed by atoms with E-state index in [1.54, 1.807) is 19.1 Å². The minimum absolute atomic E-state index is 0.00656. The van der Waals surface area contributed by atoms with Crippen LogP contribution in [-0.4, -0.2) is 24.5 Å². The van der Waals surface area contributed by atoms with Gasteiger partial charge in [0.1, 0.15) is 0 Å². The zero-order valence-electron chi connectivity index (χ0n) is 13.3. The minimum Gasteiger partial charge on any atom is -0.465 e. The third kappa shape index (κ3) is 5.25. The molecule has 0 radical (unpaired) electrons. The summed E-state index contributed by atoms with van der Waals surface area (Å²) in [7, 11) is 1.25. The van der Waals surface area contributed by atoms with Crippen LogP contribution < -0.4 is 5.32 Å². The van der Waals surface area contributed by atoms with E-state index in [-0.39, 0.29) is 27.8 Å². The van der Waals surface area contributed by atoms with E-state index in [2.05, 4.69) is 10.1 Å². The zero-order chi connectivity index (χ0) is 18.6. The first-order chi connectivity index (χ1) is 11.7. The zero-order valence-corrected chi connectivity index (χ0v) is 14.1. The number of alkyl halides is 3. The number of carbonyl (C=O) groups excluding carboxylic acids is 2. The highest BCUT2D eigenvalue weighted by Crippen LogP contribution is 2.36. The molecule has 132 valence electrons. The second-order valence-corrected chi connectivity index (χ2v) is 6.19. The van der Waals surface area contributed by atoms with Gasteiger partial charge in [0.15, 0.2) is 0 Å². The van der Waals surface area contributed by atoms with Gasteiger partial charge in [0.2, 0.25) is 0 Å². The number of nitrogens with one attached hydrogen (secondary N) is 1. The van der Waals surface area contributed by atoms with Gasteiger partial charge in [0.25, 0.3) is 5.91 Å². The minimum atomic E-state index is -4.38. The molecule has 0 saturated heterocycles. The first-order valence-electron chi connectivity index (χ1n) is 7.06. The van der Waals surface area contributed by atoms with E-state index in [0.29, 0.717) is 5.69 Å². The topological polar surface area (TPSA) is 55.4 Å². The number of esters is 1. The number of methoxy groups -OCH3 is 1. The van der Waals surface area contributed by atoms with Crippen LogP contribution >= 0.6 is 11.8 Å². The third-order valence-corrected chi connectivity index (χ3v) is 4.00. The Morgan fingerprint density at radius 1 is 1.04 bits per heavy atom. The van der Waals surface area contributed by atoms with Gasteiger partial charge in [-0.05, 0) is 60.6 Å². The molecule has 25 heavy (non-hydrogen) atoms.